The van der Waals surface area contributed by atoms with Crippen LogP contribution in [0.15, 0.2) is 54.6 Å². The highest BCUT2D eigenvalue weighted by Gasteiger charge is 2.51. The van der Waals surface area contributed by atoms with Crippen molar-refractivity contribution in [2.24, 2.45) is 0 Å². The zero-order chi connectivity index (χ0) is 17.9. The molecular weight excluding hydrogens is 314 g/mol. The van der Waals surface area contributed by atoms with Crippen molar-refractivity contribution in [2.45, 2.75) is 38.8 Å². The predicted molar refractivity (Wildman–Crippen MR) is 96.0 cm³/mol. The predicted octanol–water partition coefficient (Wildman–Crippen LogP) is 3.90. The van der Waals surface area contributed by atoms with Gasteiger partial charge in [0, 0.05) is 12.1 Å². The van der Waals surface area contributed by atoms with Crippen LogP contribution in [0.1, 0.15) is 48.2 Å². The number of ether oxygens (including phenoxy) is 1. The third kappa shape index (κ3) is 2.82. The van der Waals surface area contributed by atoms with Crippen molar-refractivity contribution in [3.05, 3.63) is 71.3 Å². The number of carbonyl (C=O) groups excluding carboxylic acids is 2. The van der Waals surface area contributed by atoms with Gasteiger partial charge in [-0.1, -0.05) is 61.9 Å². The maximum atomic E-state index is 13.1. The van der Waals surface area contributed by atoms with E-state index in [0.29, 0.717) is 18.5 Å². The molecule has 0 saturated heterocycles. The van der Waals surface area contributed by atoms with Crippen LogP contribution in [0, 0.1) is 0 Å². The van der Waals surface area contributed by atoms with E-state index in [9.17, 15) is 9.59 Å². The lowest BCUT2D eigenvalue weighted by Crippen LogP contribution is -2.53. The van der Waals surface area contributed by atoms with Crippen LogP contribution in [0.2, 0.25) is 0 Å². The molecule has 0 aromatic heterocycles. The molecule has 1 atom stereocenters. The molecule has 0 saturated carbocycles. The summed E-state index contributed by atoms with van der Waals surface area (Å²) >= 11 is 0. The number of rotatable bonds is 6. The molecule has 1 unspecified atom stereocenters. The van der Waals surface area contributed by atoms with E-state index in [4.69, 9.17) is 4.74 Å². The van der Waals surface area contributed by atoms with E-state index in [1.165, 1.54) is 0 Å². The third-order valence-electron chi connectivity index (χ3n) is 4.76. The maximum absolute atomic E-state index is 13.1. The first-order chi connectivity index (χ1) is 12.1. The molecular formula is C21H23NO3. The second kappa shape index (κ2) is 7.09. The van der Waals surface area contributed by atoms with Crippen LogP contribution in [-0.4, -0.2) is 23.4 Å². The molecule has 0 radical (unpaired) electrons. The number of hydrogen-bond donors (Lipinski definition) is 0. The minimum Gasteiger partial charge on any atom is -0.464 e. The van der Waals surface area contributed by atoms with Crippen molar-refractivity contribution in [2.75, 3.05) is 6.61 Å². The highest BCUT2D eigenvalue weighted by Crippen LogP contribution is 2.40. The first-order valence-corrected chi connectivity index (χ1v) is 8.77. The van der Waals surface area contributed by atoms with E-state index in [1.807, 2.05) is 61.5 Å². The van der Waals surface area contributed by atoms with Crippen LogP contribution in [0.3, 0.4) is 0 Å². The van der Waals surface area contributed by atoms with Gasteiger partial charge in [-0.15, -0.1) is 0 Å². The highest BCUT2D eigenvalue weighted by atomic mass is 16.5. The number of carbonyl (C=O) groups is 2. The summed E-state index contributed by atoms with van der Waals surface area (Å²) in [5, 5.41) is 0. The number of benzene rings is 2. The molecule has 25 heavy (non-hydrogen) atoms. The minimum absolute atomic E-state index is 0.110. The monoisotopic (exact) mass is 337 g/mol. The van der Waals surface area contributed by atoms with Crippen molar-refractivity contribution < 1.29 is 14.3 Å². The Morgan fingerprint density at radius 1 is 1.08 bits per heavy atom. The van der Waals surface area contributed by atoms with Gasteiger partial charge in [-0.2, -0.15) is 0 Å². The minimum atomic E-state index is -1.10. The van der Waals surface area contributed by atoms with Gasteiger partial charge in [0.25, 0.3) is 5.91 Å². The van der Waals surface area contributed by atoms with Crippen LogP contribution in [0.4, 0.5) is 0 Å². The average molecular weight is 337 g/mol. The molecule has 3 rings (SSSR count). The van der Waals surface area contributed by atoms with Gasteiger partial charge in [0.15, 0.2) is 5.54 Å². The largest absolute Gasteiger partial charge is 0.464 e. The second-order valence-electron chi connectivity index (χ2n) is 6.25. The Morgan fingerprint density at radius 2 is 1.76 bits per heavy atom. The average Bonchev–Trinajstić information content (AvgIpc) is 2.98. The standard InChI is InChI=1S/C21H23NO3/c1-3-14-21(20(24)25-4-2,17-11-6-5-7-12-17)22-15-16-10-8-9-13-18(16)19(22)23/h5-13H,3-4,14-15H2,1-2H3. The SMILES string of the molecule is CCCC(C(=O)OCC)(c1ccccc1)N1Cc2ccccc2C1=O. The third-order valence-corrected chi connectivity index (χ3v) is 4.76. The Morgan fingerprint density at radius 3 is 2.40 bits per heavy atom. The van der Waals surface area contributed by atoms with E-state index < -0.39 is 5.54 Å². The summed E-state index contributed by atoms with van der Waals surface area (Å²) < 4.78 is 5.44. The van der Waals surface area contributed by atoms with Crippen LogP contribution in [0.25, 0.3) is 0 Å². The van der Waals surface area contributed by atoms with E-state index in [0.717, 1.165) is 17.5 Å². The summed E-state index contributed by atoms with van der Waals surface area (Å²) in [4.78, 5) is 27.9. The van der Waals surface area contributed by atoms with Crippen LogP contribution < -0.4 is 0 Å². The molecule has 0 spiro atoms. The van der Waals surface area contributed by atoms with E-state index in [-0.39, 0.29) is 18.5 Å². The molecule has 0 N–H and O–H groups in total. The molecule has 1 aliphatic rings. The molecule has 2 aromatic rings. The molecule has 130 valence electrons. The van der Waals surface area contributed by atoms with Crippen LogP contribution in [-0.2, 0) is 21.6 Å². The highest BCUT2D eigenvalue weighted by molar-refractivity contribution is 6.02. The Labute approximate surface area is 148 Å². The first-order valence-electron chi connectivity index (χ1n) is 8.77. The van der Waals surface area contributed by atoms with Crippen molar-refractivity contribution in [3.8, 4) is 0 Å². The fourth-order valence-corrected chi connectivity index (χ4v) is 3.65. The van der Waals surface area contributed by atoms with Gasteiger partial charge in [0.2, 0.25) is 0 Å². The number of esters is 1. The number of fused-ring (bicyclic) bond motifs is 1. The summed E-state index contributed by atoms with van der Waals surface area (Å²) in [6.45, 7) is 4.51. The number of amides is 1. The summed E-state index contributed by atoms with van der Waals surface area (Å²) in [5.74, 6) is -0.467. The molecule has 0 fully saturated rings. The van der Waals surface area contributed by atoms with Crippen molar-refractivity contribution in [1.82, 2.24) is 4.90 Å². The smallest absolute Gasteiger partial charge is 0.336 e. The summed E-state index contributed by atoms with van der Waals surface area (Å²) in [6.07, 6.45) is 1.28. The Bertz CT molecular complexity index is 772. The van der Waals surface area contributed by atoms with Crippen LogP contribution in [0.5, 0.6) is 0 Å². The van der Waals surface area contributed by atoms with E-state index >= 15 is 0 Å². The zero-order valence-electron chi connectivity index (χ0n) is 14.7. The van der Waals surface area contributed by atoms with E-state index in [2.05, 4.69) is 0 Å². The molecule has 1 amide bonds. The van der Waals surface area contributed by atoms with Crippen molar-refractivity contribution in [3.63, 3.8) is 0 Å². The number of nitrogens with zero attached hydrogens (tertiary/aromatic N) is 1. The summed E-state index contributed by atoms with van der Waals surface area (Å²) in [6, 6.07) is 17.1. The van der Waals surface area contributed by atoms with Gasteiger partial charge < -0.3 is 9.64 Å². The van der Waals surface area contributed by atoms with Gasteiger partial charge in [0.05, 0.1) is 6.61 Å². The van der Waals surface area contributed by atoms with E-state index in [1.54, 1.807) is 11.8 Å². The van der Waals surface area contributed by atoms with Gasteiger partial charge in [-0.05, 0) is 30.5 Å². The first kappa shape index (κ1) is 17.2. The normalized spacial score (nSPS) is 15.6. The molecule has 0 bridgehead atoms. The summed E-state index contributed by atoms with van der Waals surface area (Å²) in [7, 11) is 0. The van der Waals surface area contributed by atoms with Gasteiger partial charge in [0.1, 0.15) is 0 Å². The van der Waals surface area contributed by atoms with Gasteiger partial charge in [-0.25, -0.2) is 4.79 Å². The Hall–Kier alpha value is -2.62. The topological polar surface area (TPSA) is 46.6 Å². The fraction of sp³-hybridized carbons (Fsp3) is 0.333. The quantitative estimate of drug-likeness (QED) is 0.751. The zero-order valence-corrected chi connectivity index (χ0v) is 14.7. The molecule has 4 nitrogen and oxygen atoms in total. The van der Waals surface area contributed by atoms with Crippen molar-refractivity contribution >= 4 is 11.9 Å². The molecule has 1 aliphatic heterocycles. The number of hydrogen-bond acceptors (Lipinski definition) is 3. The Balaban J connectivity index is 2.14. The molecule has 2 aromatic carbocycles. The fourth-order valence-electron chi connectivity index (χ4n) is 3.65. The van der Waals surface area contributed by atoms with Gasteiger partial charge in [-0.3, -0.25) is 4.79 Å². The molecule has 1 heterocycles. The second-order valence-corrected chi connectivity index (χ2v) is 6.25. The molecule has 0 aliphatic carbocycles. The lowest BCUT2D eigenvalue weighted by atomic mass is 9.83. The summed E-state index contributed by atoms with van der Waals surface area (Å²) in [5.41, 5.74) is 1.33. The lowest BCUT2D eigenvalue weighted by molar-refractivity contribution is -0.158. The van der Waals surface area contributed by atoms with Crippen LogP contribution >= 0.6 is 0 Å². The molecule has 4 heteroatoms. The van der Waals surface area contributed by atoms with Gasteiger partial charge >= 0.3 is 5.97 Å². The lowest BCUT2D eigenvalue weighted by Gasteiger charge is -2.40. The van der Waals surface area contributed by atoms with Crippen molar-refractivity contribution in [1.29, 1.82) is 0 Å². The Kier molecular flexibility index (Phi) is 4.88. The maximum Gasteiger partial charge on any atom is 0.336 e.